The zero-order valence-corrected chi connectivity index (χ0v) is 8.76. The minimum absolute atomic E-state index is 0.255. The summed E-state index contributed by atoms with van der Waals surface area (Å²) in [5.41, 5.74) is 5.79. The molecule has 1 saturated carbocycles. The molecular weight excluding hydrogens is 184 g/mol. The lowest BCUT2D eigenvalue weighted by molar-refractivity contribution is 0.517. The Balaban J connectivity index is 1.89. The van der Waals surface area contributed by atoms with E-state index in [0.717, 1.165) is 32.4 Å². The standard InChI is InChI=1S/C9H18N2OS/c10-8-5-6-11(7-8)13(12)9-3-1-2-4-9/h8-9H,1-7,10H2/t8-,13?/m0/s1. The van der Waals surface area contributed by atoms with Gasteiger partial charge in [-0.3, -0.25) is 0 Å². The van der Waals surface area contributed by atoms with Gasteiger partial charge in [0.25, 0.3) is 0 Å². The Kier molecular flexibility index (Phi) is 3.01. The molecular formula is C9H18N2OS. The van der Waals surface area contributed by atoms with Gasteiger partial charge in [-0.1, -0.05) is 12.8 Å². The lowest BCUT2D eigenvalue weighted by Gasteiger charge is -2.18. The molecule has 0 aromatic carbocycles. The molecule has 3 nitrogen and oxygen atoms in total. The quantitative estimate of drug-likeness (QED) is 0.714. The Bertz CT molecular complexity index is 204. The zero-order valence-electron chi connectivity index (χ0n) is 7.95. The second-order valence-electron chi connectivity index (χ2n) is 4.12. The first-order valence-electron chi connectivity index (χ1n) is 5.18. The second kappa shape index (κ2) is 4.07. The summed E-state index contributed by atoms with van der Waals surface area (Å²) >= 11 is 0. The van der Waals surface area contributed by atoms with Gasteiger partial charge in [0.05, 0.1) is 11.0 Å². The van der Waals surface area contributed by atoms with Gasteiger partial charge >= 0.3 is 0 Å². The van der Waals surface area contributed by atoms with Crippen molar-refractivity contribution < 1.29 is 4.21 Å². The maximum Gasteiger partial charge on any atom is 0.0974 e. The largest absolute Gasteiger partial charge is 0.326 e. The van der Waals surface area contributed by atoms with Crippen LogP contribution in [0.2, 0.25) is 0 Å². The van der Waals surface area contributed by atoms with Crippen LogP contribution in [0.25, 0.3) is 0 Å². The van der Waals surface area contributed by atoms with Crippen LogP contribution < -0.4 is 5.73 Å². The number of hydrogen-bond donors (Lipinski definition) is 1. The van der Waals surface area contributed by atoms with E-state index in [2.05, 4.69) is 4.31 Å². The van der Waals surface area contributed by atoms with Crippen molar-refractivity contribution >= 4 is 11.0 Å². The molecule has 2 aliphatic rings. The van der Waals surface area contributed by atoms with Crippen molar-refractivity contribution in [1.29, 1.82) is 0 Å². The lowest BCUT2D eigenvalue weighted by Crippen LogP contribution is -2.32. The Morgan fingerprint density at radius 1 is 1.23 bits per heavy atom. The molecule has 1 aliphatic heterocycles. The molecule has 76 valence electrons. The van der Waals surface area contributed by atoms with E-state index in [9.17, 15) is 4.21 Å². The van der Waals surface area contributed by atoms with Crippen molar-refractivity contribution in [3.8, 4) is 0 Å². The average molecular weight is 202 g/mol. The molecule has 1 aliphatic carbocycles. The topological polar surface area (TPSA) is 46.3 Å². The highest BCUT2D eigenvalue weighted by Crippen LogP contribution is 2.25. The minimum atomic E-state index is -0.738. The van der Waals surface area contributed by atoms with Crippen LogP contribution in [-0.2, 0) is 11.0 Å². The fraction of sp³-hybridized carbons (Fsp3) is 1.00. The van der Waals surface area contributed by atoms with Crippen molar-refractivity contribution in [2.24, 2.45) is 5.73 Å². The van der Waals surface area contributed by atoms with E-state index in [1.54, 1.807) is 0 Å². The molecule has 4 heteroatoms. The number of hydrogen-bond acceptors (Lipinski definition) is 2. The molecule has 0 aromatic rings. The molecule has 2 rings (SSSR count). The highest BCUT2D eigenvalue weighted by atomic mass is 32.2. The molecule has 0 amide bonds. The van der Waals surface area contributed by atoms with Crippen LogP contribution in [0.5, 0.6) is 0 Å². The van der Waals surface area contributed by atoms with Crippen LogP contribution >= 0.6 is 0 Å². The predicted molar refractivity (Wildman–Crippen MR) is 54.6 cm³/mol. The van der Waals surface area contributed by atoms with Gasteiger partial charge in [-0.15, -0.1) is 0 Å². The predicted octanol–water partition coefficient (Wildman–Crippen LogP) is 0.626. The molecule has 2 N–H and O–H groups in total. The summed E-state index contributed by atoms with van der Waals surface area (Å²) in [7, 11) is -0.738. The molecule has 1 saturated heterocycles. The number of rotatable bonds is 2. The monoisotopic (exact) mass is 202 g/mol. The Morgan fingerprint density at radius 2 is 1.92 bits per heavy atom. The number of nitrogens with zero attached hydrogens (tertiary/aromatic N) is 1. The van der Waals surface area contributed by atoms with Crippen molar-refractivity contribution in [2.45, 2.75) is 43.4 Å². The Labute approximate surface area is 82.3 Å². The van der Waals surface area contributed by atoms with E-state index in [-0.39, 0.29) is 6.04 Å². The molecule has 1 heterocycles. The lowest BCUT2D eigenvalue weighted by atomic mass is 10.3. The summed E-state index contributed by atoms with van der Waals surface area (Å²) in [4.78, 5) is 0. The third-order valence-electron chi connectivity index (χ3n) is 3.03. The van der Waals surface area contributed by atoms with Gasteiger partial charge in [-0.25, -0.2) is 8.51 Å². The summed E-state index contributed by atoms with van der Waals surface area (Å²) < 4.78 is 14.0. The third-order valence-corrected chi connectivity index (χ3v) is 4.91. The van der Waals surface area contributed by atoms with Crippen molar-refractivity contribution in [3.05, 3.63) is 0 Å². The van der Waals surface area contributed by atoms with Gasteiger partial charge in [-0.2, -0.15) is 0 Å². The fourth-order valence-electron chi connectivity index (χ4n) is 2.22. The van der Waals surface area contributed by atoms with Gasteiger partial charge < -0.3 is 5.73 Å². The maximum atomic E-state index is 12.0. The highest BCUT2D eigenvalue weighted by molar-refractivity contribution is 7.83. The molecule has 2 atom stereocenters. The van der Waals surface area contributed by atoms with E-state index in [1.807, 2.05) is 0 Å². The first kappa shape index (κ1) is 9.62. The average Bonchev–Trinajstić information content (AvgIpc) is 2.72. The number of nitrogens with two attached hydrogens (primary N) is 1. The van der Waals surface area contributed by atoms with Crippen molar-refractivity contribution in [2.75, 3.05) is 13.1 Å². The summed E-state index contributed by atoms with van der Waals surface area (Å²) in [5.74, 6) is 0. The van der Waals surface area contributed by atoms with Gasteiger partial charge in [0.15, 0.2) is 0 Å². The van der Waals surface area contributed by atoms with Gasteiger partial charge in [0.2, 0.25) is 0 Å². The molecule has 0 aromatic heterocycles. The van der Waals surface area contributed by atoms with E-state index in [0.29, 0.717) is 5.25 Å². The van der Waals surface area contributed by atoms with E-state index < -0.39 is 11.0 Å². The fourth-order valence-corrected chi connectivity index (χ4v) is 4.00. The minimum Gasteiger partial charge on any atom is -0.326 e. The summed E-state index contributed by atoms with van der Waals surface area (Å²) in [6.45, 7) is 1.77. The smallest absolute Gasteiger partial charge is 0.0974 e. The van der Waals surface area contributed by atoms with Crippen molar-refractivity contribution in [1.82, 2.24) is 4.31 Å². The molecule has 0 radical (unpaired) electrons. The van der Waals surface area contributed by atoms with E-state index in [4.69, 9.17) is 5.73 Å². The van der Waals surface area contributed by atoms with Crippen LogP contribution in [0.3, 0.4) is 0 Å². The van der Waals surface area contributed by atoms with E-state index in [1.165, 1.54) is 12.8 Å². The SMILES string of the molecule is N[C@H]1CCN(S(=O)C2CCCC2)C1. The third kappa shape index (κ3) is 2.11. The summed E-state index contributed by atoms with van der Waals surface area (Å²) in [6.07, 6.45) is 5.84. The zero-order chi connectivity index (χ0) is 9.26. The molecule has 0 spiro atoms. The summed E-state index contributed by atoms with van der Waals surface area (Å²) in [5, 5.41) is 0.435. The second-order valence-corrected chi connectivity index (χ2v) is 5.85. The van der Waals surface area contributed by atoms with Crippen LogP contribution in [0.15, 0.2) is 0 Å². The normalized spacial score (nSPS) is 34.1. The van der Waals surface area contributed by atoms with E-state index >= 15 is 0 Å². The molecule has 0 bridgehead atoms. The molecule has 13 heavy (non-hydrogen) atoms. The summed E-state index contributed by atoms with van der Waals surface area (Å²) in [6, 6.07) is 0.255. The van der Waals surface area contributed by atoms with Crippen LogP contribution in [-0.4, -0.2) is 32.9 Å². The maximum absolute atomic E-state index is 12.0. The highest BCUT2D eigenvalue weighted by Gasteiger charge is 2.30. The van der Waals surface area contributed by atoms with Crippen molar-refractivity contribution in [3.63, 3.8) is 0 Å². The van der Waals surface area contributed by atoms with Gasteiger partial charge in [0.1, 0.15) is 0 Å². The van der Waals surface area contributed by atoms with Gasteiger partial charge in [0, 0.05) is 24.4 Å². The first-order valence-corrected chi connectivity index (χ1v) is 6.35. The van der Waals surface area contributed by atoms with Crippen LogP contribution in [0.4, 0.5) is 0 Å². The van der Waals surface area contributed by atoms with Crippen LogP contribution in [0, 0.1) is 0 Å². The molecule has 1 unspecified atom stereocenters. The molecule has 2 fully saturated rings. The van der Waals surface area contributed by atoms with Gasteiger partial charge in [-0.05, 0) is 19.3 Å². The first-order chi connectivity index (χ1) is 6.27. The Morgan fingerprint density at radius 3 is 2.46 bits per heavy atom. The Hall–Kier alpha value is 0.0700. The van der Waals surface area contributed by atoms with Crippen LogP contribution in [0.1, 0.15) is 32.1 Å².